The number of fused-ring (bicyclic) bond motifs is 1. The number of aryl methyl sites for hydroxylation is 1. The quantitative estimate of drug-likeness (QED) is 0.429. The Morgan fingerprint density at radius 1 is 1.08 bits per heavy atom. The van der Waals surface area contributed by atoms with Crippen molar-refractivity contribution in [1.82, 2.24) is 30.8 Å². The lowest BCUT2D eigenvalue weighted by atomic mass is 9.81. The van der Waals surface area contributed by atoms with Crippen LogP contribution in [0, 0.1) is 12.8 Å². The summed E-state index contributed by atoms with van der Waals surface area (Å²) in [4.78, 5) is 62.0. The summed E-state index contributed by atoms with van der Waals surface area (Å²) in [5.74, 6) is -2.06. The van der Waals surface area contributed by atoms with E-state index in [1.165, 1.54) is 16.2 Å². The SMILES string of the molecule is Cc1ccc(NC(=O)C(=O)N[C@H]2CC[C@H](C(=O)N(C)C)C[C@H]2NC(=O)c2nc3c(s2)CNCC3)nc1. The molecule has 2 aliphatic rings. The first-order valence-electron chi connectivity index (χ1n) is 12.0. The van der Waals surface area contributed by atoms with Gasteiger partial charge in [-0.1, -0.05) is 6.07 Å². The number of nitrogens with zero attached hydrogens (tertiary/aromatic N) is 3. The number of hydrogen-bond donors (Lipinski definition) is 4. The highest BCUT2D eigenvalue weighted by atomic mass is 32.1. The number of nitrogens with one attached hydrogen (secondary N) is 4. The number of pyridine rings is 1. The van der Waals surface area contributed by atoms with Gasteiger partial charge >= 0.3 is 11.8 Å². The van der Waals surface area contributed by atoms with Gasteiger partial charge in [-0.25, -0.2) is 9.97 Å². The maximum Gasteiger partial charge on any atom is 0.314 e. The van der Waals surface area contributed by atoms with Crippen LogP contribution < -0.4 is 21.3 Å². The summed E-state index contributed by atoms with van der Waals surface area (Å²) in [7, 11) is 3.39. The first-order chi connectivity index (χ1) is 17.2. The fourth-order valence-electron chi connectivity index (χ4n) is 4.49. The van der Waals surface area contributed by atoms with Crippen LogP contribution in [0.15, 0.2) is 18.3 Å². The van der Waals surface area contributed by atoms with E-state index in [1.54, 1.807) is 32.4 Å². The molecule has 0 bridgehead atoms. The van der Waals surface area contributed by atoms with E-state index in [0.29, 0.717) is 30.8 Å². The molecule has 3 heterocycles. The summed E-state index contributed by atoms with van der Waals surface area (Å²) in [6.07, 6.45) is 3.68. The summed E-state index contributed by atoms with van der Waals surface area (Å²) >= 11 is 1.35. The molecule has 1 aliphatic carbocycles. The summed E-state index contributed by atoms with van der Waals surface area (Å²) in [6.45, 7) is 3.38. The molecule has 4 amide bonds. The molecule has 1 aliphatic heterocycles. The van der Waals surface area contributed by atoms with E-state index in [0.717, 1.165) is 29.1 Å². The Kier molecular flexibility index (Phi) is 7.94. The topological polar surface area (TPSA) is 145 Å². The van der Waals surface area contributed by atoms with E-state index < -0.39 is 23.9 Å². The highest BCUT2D eigenvalue weighted by Gasteiger charge is 2.37. The predicted octanol–water partition coefficient (Wildman–Crippen LogP) is 0.602. The summed E-state index contributed by atoms with van der Waals surface area (Å²) < 4.78 is 0. The second-order valence-electron chi connectivity index (χ2n) is 9.39. The molecule has 2 aromatic heterocycles. The Morgan fingerprint density at radius 2 is 1.89 bits per heavy atom. The molecule has 12 heteroatoms. The molecule has 11 nitrogen and oxygen atoms in total. The van der Waals surface area contributed by atoms with Gasteiger partial charge in [-0.15, -0.1) is 11.3 Å². The fraction of sp³-hybridized carbons (Fsp3) is 0.500. The van der Waals surface area contributed by atoms with Crippen LogP contribution in [0.25, 0.3) is 0 Å². The van der Waals surface area contributed by atoms with Crippen LogP contribution in [0.4, 0.5) is 5.82 Å². The van der Waals surface area contributed by atoms with Crippen LogP contribution in [0.3, 0.4) is 0 Å². The van der Waals surface area contributed by atoms with Crippen molar-refractivity contribution in [3.63, 3.8) is 0 Å². The molecule has 1 saturated carbocycles. The Morgan fingerprint density at radius 3 is 2.58 bits per heavy atom. The van der Waals surface area contributed by atoms with E-state index >= 15 is 0 Å². The average molecular weight is 514 g/mol. The Bertz CT molecular complexity index is 1120. The number of hydrogen-bond acceptors (Lipinski definition) is 8. The number of thiazole rings is 1. The minimum Gasteiger partial charge on any atom is -0.349 e. The van der Waals surface area contributed by atoms with Crippen LogP contribution in [-0.4, -0.2) is 71.2 Å². The van der Waals surface area contributed by atoms with E-state index in [4.69, 9.17) is 0 Å². The molecule has 3 atom stereocenters. The number of carbonyl (C=O) groups excluding carboxylic acids is 4. The van der Waals surface area contributed by atoms with E-state index in [1.807, 2.05) is 6.92 Å². The first-order valence-corrected chi connectivity index (χ1v) is 12.8. The van der Waals surface area contributed by atoms with Crippen molar-refractivity contribution in [3.05, 3.63) is 39.5 Å². The van der Waals surface area contributed by atoms with Gasteiger partial charge in [0.1, 0.15) is 5.82 Å². The number of aromatic nitrogens is 2. The lowest BCUT2D eigenvalue weighted by Crippen LogP contribution is -2.57. The first kappa shape index (κ1) is 25.7. The van der Waals surface area contributed by atoms with Crippen LogP contribution in [-0.2, 0) is 27.3 Å². The molecule has 4 N–H and O–H groups in total. The molecule has 36 heavy (non-hydrogen) atoms. The summed E-state index contributed by atoms with van der Waals surface area (Å²) in [5, 5.41) is 11.8. The highest BCUT2D eigenvalue weighted by molar-refractivity contribution is 7.13. The molecule has 0 saturated heterocycles. The monoisotopic (exact) mass is 513 g/mol. The minimum atomic E-state index is -0.844. The Hall–Kier alpha value is -3.38. The van der Waals surface area contributed by atoms with Crippen LogP contribution >= 0.6 is 11.3 Å². The zero-order chi connectivity index (χ0) is 25.8. The molecular weight excluding hydrogens is 482 g/mol. The molecule has 4 rings (SSSR count). The van der Waals surface area contributed by atoms with Crippen molar-refractivity contribution in [3.8, 4) is 0 Å². The number of rotatable bonds is 5. The molecule has 0 spiro atoms. The van der Waals surface area contributed by atoms with Crippen molar-refractivity contribution < 1.29 is 19.2 Å². The van der Waals surface area contributed by atoms with Crippen molar-refractivity contribution in [1.29, 1.82) is 0 Å². The van der Waals surface area contributed by atoms with Crippen LogP contribution in [0.5, 0.6) is 0 Å². The van der Waals surface area contributed by atoms with E-state index in [2.05, 4.69) is 31.2 Å². The Balaban J connectivity index is 1.45. The van der Waals surface area contributed by atoms with Gasteiger partial charge < -0.3 is 26.2 Å². The van der Waals surface area contributed by atoms with Gasteiger partial charge in [0.25, 0.3) is 5.91 Å². The molecule has 192 valence electrons. The zero-order valence-electron chi connectivity index (χ0n) is 20.6. The largest absolute Gasteiger partial charge is 0.349 e. The molecule has 1 fully saturated rings. The summed E-state index contributed by atoms with van der Waals surface area (Å²) in [6, 6.07) is 2.35. The zero-order valence-corrected chi connectivity index (χ0v) is 21.4. The van der Waals surface area contributed by atoms with Gasteiger partial charge in [0.05, 0.1) is 11.7 Å². The molecule has 0 unspecified atom stereocenters. The second-order valence-corrected chi connectivity index (χ2v) is 10.5. The van der Waals surface area contributed by atoms with Crippen LogP contribution in [0.2, 0.25) is 0 Å². The minimum absolute atomic E-state index is 0.0296. The van der Waals surface area contributed by atoms with Crippen molar-refractivity contribution in [2.24, 2.45) is 5.92 Å². The third-order valence-electron chi connectivity index (χ3n) is 6.43. The second kappa shape index (κ2) is 11.1. The third-order valence-corrected chi connectivity index (χ3v) is 7.53. The van der Waals surface area contributed by atoms with Gasteiger partial charge in [-0.05, 0) is 37.8 Å². The Labute approximate surface area is 213 Å². The number of amides is 4. The number of anilines is 1. The fourth-order valence-corrected chi connectivity index (χ4v) is 5.47. The van der Waals surface area contributed by atoms with Gasteiger partial charge in [0.15, 0.2) is 5.01 Å². The van der Waals surface area contributed by atoms with Gasteiger partial charge in [-0.2, -0.15) is 0 Å². The van der Waals surface area contributed by atoms with E-state index in [9.17, 15) is 19.2 Å². The van der Waals surface area contributed by atoms with Crippen molar-refractivity contribution in [2.75, 3.05) is 26.0 Å². The smallest absolute Gasteiger partial charge is 0.314 e. The lowest BCUT2D eigenvalue weighted by molar-refractivity contribution is -0.137. The molecule has 0 aromatic carbocycles. The summed E-state index contributed by atoms with van der Waals surface area (Å²) in [5.41, 5.74) is 1.86. The maximum absolute atomic E-state index is 13.1. The standard InChI is InChI=1S/C24H31N7O4S/c1-13-4-7-19(26-11-13)30-21(33)20(32)27-15-6-5-14(24(35)31(2)3)10-17(15)28-22(34)23-29-16-8-9-25-12-18(16)36-23/h4,7,11,14-15,17,25H,5-6,8-10,12H2,1-3H3,(H,27,32)(H,28,34)(H,26,30,33)/t14-,15-,17+/m0/s1. The molecule has 2 aromatic rings. The number of carbonyl (C=O) groups is 4. The van der Waals surface area contributed by atoms with Crippen molar-refractivity contribution in [2.45, 2.75) is 51.2 Å². The third kappa shape index (κ3) is 6.05. The van der Waals surface area contributed by atoms with E-state index in [-0.39, 0.29) is 23.6 Å². The highest BCUT2D eigenvalue weighted by Crippen LogP contribution is 2.27. The van der Waals surface area contributed by atoms with Crippen molar-refractivity contribution >= 4 is 40.8 Å². The van der Waals surface area contributed by atoms with Crippen LogP contribution in [0.1, 0.15) is 45.2 Å². The molecule has 0 radical (unpaired) electrons. The van der Waals surface area contributed by atoms with Gasteiger partial charge in [0.2, 0.25) is 5.91 Å². The predicted molar refractivity (Wildman–Crippen MR) is 134 cm³/mol. The lowest BCUT2D eigenvalue weighted by Gasteiger charge is -2.37. The maximum atomic E-state index is 13.1. The normalized spacial score (nSPS) is 21.1. The van der Waals surface area contributed by atoms with Gasteiger partial charge in [-0.3, -0.25) is 19.2 Å². The molecular formula is C24H31N7O4S. The average Bonchev–Trinajstić information content (AvgIpc) is 3.30. The van der Waals surface area contributed by atoms with Gasteiger partial charge in [0, 0.05) is 56.6 Å².